The first kappa shape index (κ1) is 14.6. The van der Waals surface area contributed by atoms with Gasteiger partial charge in [0.2, 0.25) is 5.89 Å². The molecule has 20 heavy (non-hydrogen) atoms. The van der Waals surface area contributed by atoms with Crippen molar-refractivity contribution in [2.24, 2.45) is 0 Å². The number of alkyl halides is 3. The third kappa shape index (κ3) is 3.39. The van der Waals surface area contributed by atoms with Crippen molar-refractivity contribution in [1.82, 2.24) is 10.3 Å². The van der Waals surface area contributed by atoms with Gasteiger partial charge in [-0.05, 0) is 25.5 Å². The maximum atomic E-state index is 12.8. The summed E-state index contributed by atoms with van der Waals surface area (Å²) in [5.41, 5.74) is -0.418. The Labute approximate surface area is 114 Å². The van der Waals surface area contributed by atoms with Gasteiger partial charge in [0.15, 0.2) is 0 Å². The summed E-state index contributed by atoms with van der Waals surface area (Å²) in [5, 5.41) is 2.98. The first-order valence-electron chi connectivity index (χ1n) is 6.18. The molecule has 1 atom stereocenters. The molecule has 2 rings (SSSR count). The van der Waals surface area contributed by atoms with Gasteiger partial charge in [-0.1, -0.05) is 18.2 Å². The van der Waals surface area contributed by atoms with Crippen LogP contribution in [-0.4, -0.2) is 4.98 Å². The summed E-state index contributed by atoms with van der Waals surface area (Å²) in [7, 11) is 0. The molecule has 0 radical (unpaired) electrons. The number of hydrogen-bond donors (Lipinski definition) is 1. The quantitative estimate of drug-likeness (QED) is 0.926. The smallest absolute Gasteiger partial charge is 0.416 e. The van der Waals surface area contributed by atoms with Crippen molar-refractivity contribution in [3.05, 3.63) is 53.2 Å². The van der Waals surface area contributed by atoms with Crippen LogP contribution in [0.15, 0.2) is 34.9 Å². The maximum Gasteiger partial charge on any atom is 0.416 e. The molecule has 6 heteroatoms. The van der Waals surface area contributed by atoms with Crippen LogP contribution in [0.4, 0.5) is 13.2 Å². The van der Waals surface area contributed by atoms with Crippen LogP contribution in [-0.2, 0) is 12.7 Å². The zero-order valence-corrected chi connectivity index (χ0v) is 11.2. The van der Waals surface area contributed by atoms with Gasteiger partial charge in [-0.2, -0.15) is 13.2 Å². The van der Waals surface area contributed by atoms with Crippen molar-refractivity contribution in [3.8, 4) is 0 Å². The highest BCUT2D eigenvalue weighted by Crippen LogP contribution is 2.32. The monoisotopic (exact) mass is 284 g/mol. The lowest BCUT2D eigenvalue weighted by molar-refractivity contribution is -0.138. The van der Waals surface area contributed by atoms with Gasteiger partial charge in [0, 0.05) is 6.54 Å². The fourth-order valence-electron chi connectivity index (χ4n) is 1.87. The standard InChI is InChI=1S/C14H15F3N2O/c1-9-7-19-13(20-9)10(2)18-8-11-5-3-4-6-12(11)14(15,16)17/h3-7,10,18H,8H2,1-2H3. The van der Waals surface area contributed by atoms with E-state index in [1.165, 1.54) is 12.1 Å². The van der Waals surface area contributed by atoms with Gasteiger partial charge in [-0.3, -0.25) is 0 Å². The molecule has 0 aliphatic carbocycles. The summed E-state index contributed by atoms with van der Waals surface area (Å²) < 4.78 is 43.9. The molecule has 1 heterocycles. The summed E-state index contributed by atoms with van der Waals surface area (Å²) in [4.78, 5) is 4.05. The van der Waals surface area contributed by atoms with E-state index in [4.69, 9.17) is 4.42 Å². The molecular weight excluding hydrogens is 269 g/mol. The van der Waals surface area contributed by atoms with E-state index in [1.807, 2.05) is 0 Å². The minimum absolute atomic E-state index is 0.0955. The fraction of sp³-hybridized carbons (Fsp3) is 0.357. The minimum atomic E-state index is -4.35. The van der Waals surface area contributed by atoms with E-state index >= 15 is 0 Å². The van der Waals surface area contributed by atoms with Crippen molar-refractivity contribution in [3.63, 3.8) is 0 Å². The largest absolute Gasteiger partial charge is 0.444 e. The normalized spacial score (nSPS) is 13.4. The van der Waals surface area contributed by atoms with Crippen molar-refractivity contribution >= 4 is 0 Å². The van der Waals surface area contributed by atoms with Crippen LogP contribution < -0.4 is 5.32 Å². The van der Waals surface area contributed by atoms with Gasteiger partial charge in [0.05, 0.1) is 17.8 Å². The minimum Gasteiger partial charge on any atom is -0.444 e. The van der Waals surface area contributed by atoms with Gasteiger partial charge in [0.1, 0.15) is 5.76 Å². The van der Waals surface area contributed by atoms with E-state index in [2.05, 4.69) is 10.3 Å². The summed E-state index contributed by atoms with van der Waals surface area (Å²) in [5.74, 6) is 1.14. The molecule has 1 aromatic carbocycles. The predicted octanol–water partition coefficient (Wildman–Crippen LogP) is 3.85. The molecular formula is C14H15F3N2O. The molecule has 0 spiro atoms. The fourth-order valence-corrected chi connectivity index (χ4v) is 1.87. The van der Waals surface area contributed by atoms with Crippen molar-refractivity contribution < 1.29 is 17.6 Å². The van der Waals surface area contributed by atoms with Gasteiger partial charge >= 0.3 is 6.18 Å². The Morgan fingerprint density at radius 3 is 2.60 bits per heavy atom. The summed E-state index contributed by atoms with van der Waals surface area (Å²) in [6.45, 7) is 3.65. The van der Waals surface area contributed by atoms with E-state index < -0.39 is 11.7 Å². The molecule has 0 aliphatic heterocycles. The number of aromatic nitrogens is 1. The van der Waals surface area contributed by atoms with Gasteiger partial charge in [0.25, 0.3) is 0 Å². The lowest BCUT2D eigenvalue weighted by Crippen LogP contribution is -2.21. The second-order valence-electron chi connectivity index (χ2n) is 4.57. The third-order valence-electron chi connectivity index (χ3n) is 2.93. The molecule has 108 valence electrons. The van der Waals surface area contributed by atoms with Crippen LogP contribution >= 0.6 is 0 Å². The van der Waals surface area contributed by atoms with Gasteiger partial charge in [-0.25, -0.2) is 4.98 Å². The Balaban J connectivity index is 2.08. The Hall–Kier alpha value is -1.82. The van der Waals surface area contributed by atoms with E-state index in [9.17, 15) is 13.2 Å². The number of aryl methyl sites for hydroxylation is 1. The van der Waals surface area contributed by atoms with Crippen molar-refractivity contribution in [1.29, 1.82) is 0 Å². The average molecular weight is 284 g/mol. The maximum absolute atomic E-state index is 12.8. The van der Waals surface area contributed by atoms with E-state index in [0.717, 1.165) is 6.07 Å². The summed E-state index contributed by atoms with van der Waals surface area (Å²) in [6, 6.07) is 5.25. The van der Waals surface area contributed by atoms with Gasteiger partial charge < -0.3 is 9.73 Å². The topological polar surface area (TPSA) is 38.1 Å². The Bertz CT molecular complexity index is 578. The first-order chi connectivity index (χ1) is 9.38. The molecule has 1 aromatic heterocycles. The molecule has 0 saturated carbocycles. The van der Waals surface area contributed by atoms with Crippen molar-refractivity contribution in [2.45, 2.75) is 32.6 Å². The number of halogens is 3. The zero-order valence-electron chi connectivity index (χ0n) is 11.2. The average Bonchev–Trinajstić information content (AvgIpc) is 2.82. The van der Waals surface area contributed by atoms with E-state index in [-0.39, 0.29) is 18.2 Å². The van der Waals surface area contributed by atoms with Crippen LogP contribution in [0, 0.1) is 6.92 Å². The van der Waals surface area contributed by atoms with Crippen LogP contribution in [0.3, 0.4) is 0 Å². The lowest BCUT2D eigenvalue weighted by atomic mass is 10.1. The van der Waals surface area contributed by atoms with Crippen molar-refractivity contribution in [2.75, 3.05) is 0 Å². The highest BCUT2D eigenvalue weighted by Gasteiger charge is 2.32. The Kier molecular flexibility index (Phi) is 4.13. The second kappa shape index (κ2) is 5.66. The highest BCUT2D eigenvalue weighted by molar-refractivity contribution is 5.29. The molecule has 2 aromatic rings. The molecule has 1 unspecified atom stereocenters. The predicted molar refractivity (Wildman–Crippen MR) is 67.9 cm³/mol. The first-order valence-corrected chi connectivity index (χ1v) is 6.18. The Morgan fingerprint density at radius 1 is 1.30 bits per heavy atom. The van der Waals surface area contributed by atoms with Crippen LogP contribution in [0.5, 0.6) is 0 Å². The van der Waals surface area contributed by atoms with Gasteiger partial charge in [-0.15, -0.1) is 0 Å². The zero-order chi connectivity index (χ0) is 14.8. The second-order valence-corrected chi connectivity index (χ2v) is 4.57. The number of oxazole rings is 1. The Morgan fingerprint density at radius 2 is 2.00 bits per heavy atom. The molecule has 0 fully saturated rings. The van der Waals surface area contributed by atoms with E-state index in [1.54, 1.807) is 26.1 Å². The number of rotatable bonds is 4. The molecule has 0 bridgehead atoms. The molecule has 0 aliphatic rings. The van der Waals surface area contributed by atoms with Crippen LogP contribution in [0.2, 0.25) is 0 Å². The summed E-state index contributed by atoms with van der Waals surface area (Å²) in [6.07, 6.45) is -2.77. The molecule has 0 amide bonds. The van der Waals surface area contributed by atoms with E-state index in [0.29, 0.717) is 11.7 Å². The molecule has 1 N–H and O–H groups in total. The number of nitrogens with one attached hydrogen (secondary N) is 1. The molecule has 0 saturated heterocycles. The summed E-state index contributed by atoms with van der Waals surface area (Å²) >= 11 is 0. The third-order valence-corrected chi connectivity index (χ3v) is 2.93. The highest BCUT2D eigenvalue weighted by atomic mass is 19.4. The lowest BCUT2D eigenvalue weighted by Gasteiger charge is -2.15. The number of hydrogen-bond acceptors (Lipinski definition) is 3. The molecule has 3 nitrogen and oxygen atoms in total. The van der Waals surface area contributed by atoms with Crippen LogP contribution in [0.25, 0.3) is 0 Å². The van der Waals surface area contributed by atoms with Crippen LogP contribution in [0.1, 0.15) is 35.7 Å². The number of benzene rings is 1. The number of nitrogens with zero attached hydrogens (tertiary/aromatic N) is 1. The SMILES string of the molecule is Cc1cnc(C(C)NCc2ccccc2C(F)(F)F)o1.